The first-order valence-electron chi connectivity index (χ1n) is 10.0. The molecule has 2 heterocycles. The fraction of sp³-hybridized carbons (Fsp3) is 0.273. The Morgan fingerprint density at radius 3 is 2.69 bits per heavy atom. The predicted octanol–water partition coefficient (Wildman–Crippen LogP) is 5.49. The van der Waals surface area contributed by atoms with E-state index >= 15 is 0 Å². The number of ether oxygens (including phenoxy) is 1. The lowest BCUT2D eigenvalue weighted by Crippen LogP contribution is -2.14. The number of nitrogens with zero attached hydrogens (tertiary/aromatic N) is 4. The zero-order chi connectivity index (χ0) is 22.7. The molecule has 4 rings (SSSR count). The molecule has 0 aliphatic heterocycles. The lowest BCUT2D eigenvalue weighted by atomic mass is 10.1. The second-order valence-corrected chi connectivity index (χ2v) is 9.48. The highest BCUT2D eigenvalue weighted by Crippen LogP contribution is 2.27. The Morgan fingerprint density at radius 2 is 1.97 bits per heavy atom. The van der Waals surface area contributed by atoms with Crippen molar-refractivity contribution in [3.8, 4) is 5.75 Å². The minimum atomic E-state index is -0.135. The molecule has 0 unspecified atom stereocenters. The van der Waals surface area contributed by atoms with Gasteiger partial charge in [0.15, 0.2) is 16.1 Å². The first-order valence-corrected chi connectivity index (χ1v) is 12.2. The molecule has 7 nitrogen and oxygen atoms in total. The first kappa shape index (κ1) is 22.6. The summed E-state index contributed by atoms with van der Waals surface area (Å²) in [5, 5.41) is 13.4. The fourth-order valence-electron chi connectivity index (χ4n) is 3.20. The molecule has 32 heavy (non-hydrogen) atoms. The Hall–Kier alpha value is -2.62. The van der Waals surface area contributed by atoms with Gasteiger partial charge in [0, 0.05) is 11.6 Å². The summed E-state index contributed by atoms with van der Waals surface area (Å²) in [7, 11) is 0. The van der Waals surface area contributed by atoms with Gasteiger partial charge in [-0.2, -0.15) is 0 Å². The molecule has 0 saturated carbocycles. The number of carbonyl (C=O) groups is 1. The van der Waals surface area contributed by atoms with Gasteiger partial charge in [0.25, 0.3) is 0 Å². The van der Waals surface area contributed by atoms with Crippen molar-refractivity contribution < 1.29 is 9.53 Å². The number of hydrogen-bond donors (Lipinski definition) is 1. The summed E-state index contributed by atoms with van der Waals surface area (Å²) in [5.41, 5.74) is 2.81. The molecule has 0 radical (unpaired) electrons. The molecular formula is C22H22ClN5O2S2. The van der Waals surface area contributed by atoms with Crippen LogP contribution in [0.3, 0.4) is 0 Å². The number of rotatable bonds is 8. The molecule has 0 aliphatic carbocycles. The van der Waals surface area contributed by atoms with Gasteiger partial charge in [-0.15, -0.1) is 10.2 Å². The highest BCUT2D eigenvalue weighted by Gasteiger charge is 2.15. The van der Waals surface area contributed by atoms with Gasteiger partial charge in [-0.3, -0.25) is 4.79 Å². The van der Waals surface area contributed by atoms with Crippen molar-refractivity contribution >= 4 is 56.0 Å². The molecule has 166 valence electrons. The summed E-state index contributed by atoms with van der Waals surface area (Å²) in [4.78, 5) is 16.8. The van der Waals surface area contributed by atoms with Gasteiger partial charge in [-0.05, 0) is 56.2 Å². The number of carbonyl (C=O) groups excluding carboxylic acids is 1. The van der Waals surface area contributed by atoms with Crippen molar-refractivity contribution in [2.24, 2.45) is 0 Å². The van der Waals surface area contributed by atoms with Crippen molar-refractivity contribution in [3.63, 3.8) is 0 Å². The Bertz CT molecular complexity index is 1210. The minimum Gasteiger partial charge on any atom is -0.486 e. The van der Waals surface area contributed by atoms with Gasteiger partial charge in [-0.25, -0.2) is 4.98 Å². The maximum absolute atomic E-state index is 12.4. The Kier molecular flexibility index (Phi) is 6.98. The number of aryl methyl sites for hydroxylation is 2. The van der Waals surface area contributed by atoms with Gasteiger partial charge in [0.1, 0.15) is 12.4 Å². The van der Waals surface area contributed by atoms with Crippen LogP contribution >= 0.6 is 34.7 Å². The van der Waals surface area contributed by atoms with E-state index < -0.39 is 0 Å². The van der Waals surface area contributed by atoms with Crippen LogP contribution < -0.4 is 10.1 Å². The molecule has 1 N–H and O–H groups in total. The molecule has 1 amide bonds. The molecule has 2 aromatic carbocycles. The number of nitrogens with one attached hydrogen (secondary N) is 1. The maximum atomic E-state index is 12.4. The summed E-state index contributed by atoms with van der Waals surface area (Å²) >= 11 is 9.02. The van der Waals surface area contributed by atoms with E-state index in [0.717, 1.165) is 32.1 Å². The summed E-state index contributed by atoms with van der Waals surface area (Å²) < 4.78 is 8.91. The lowest BCUT2D eigenvalue weighted by Gasteiger charge is -2.11. The van der Waals surface area contributed by atoms with Crippen LogP contribution in [0.2, 0.25) is 5.02 Å². The Labute approximate surface area is 199 Å². The smallest absolute Gasteiger partial charge is 0.236 e. The van der Waals surface area contributed by atoms with E-state index in [9.17, 15) is 4.79 Å². The predicted molar refractivity (Wildman–Crippen MR) is 130 cm³/mol. The van der Waals surface area contributed by atoms with E-state index in [2.05, 4.69) is 20.5 Å². The Morgan fingerprint density at radius 1 is 1.22 bits per heavy atom. The summed E-state index contributed by atoms with van der Waals surface area (Å²) in [6.45, 7) is 6.86. The van der Waals surface area contributed by atoms with E-state index in [-0.39, 0.29) is 18.3 Å². The molecule has 0 bridgehead atoms. The number of aromatic nitrogens is 4. The Balaban J connectivity index is 1.36. The largest absolute Gasteiger partial charge is 0.486 e. The van der Waals surface area contributed by atoms with E-state index in [1.54, 1.807) is 0 Å². The molecule has 4 aromatic rings. The average molecular weight is 488 g/mol. The highest BCUT2D eigenvalue weighted by atomic mass is 35.5. The quantitative estimate of drug-likeness (QED) is 0.331. The number of benzene rings is 2. The summed E-state index contributed by atoms with van der Waals surface area (Å²) in [5.74, 6) is 1.51. The van der Waals surface area contributed by atoms with Crippen LogP contribution in [0.1, 0.15) is 23.9 Å². The number of hydrogen-bond acceptors (Lipinski definition) is 7. The van der Waals surface area contributed by atoms with Crippen molar-refractivity contribution in [2.75, 3.05) is 11.1 Å². The lowest BCUT2D eigenvalue weighted by molar-refractivity contribution is -0.113. The molecule has 0 saturated heterocycles. The molecule has 2 aromatic heterocycles. The van der Waals surface area contributed by atoms with Crippen LogP contribution in [0.25, 0.3) is 10.2 Å². The fourth-order valence-corrected chi connectivity index (χ4v) is 5.01. The molecule has 0 fully saturated rings. The van der Waals surface area contributed by atoms with Crippen LogP contribution in [0.15, 0.2) is 41.6 Å². The van der Waals surface area contributed by atoms with E-state index in [4.69, 9.17) is 16.3 Å². The zero-order valence-electron chi connectivity index (χ0n) is 17.9. The highest BCUT2D eigenvalue weighted by molar-refractivity contribution is 7.99. The topological polar surface area (TPSA) is 81.9 Å². The molecule has 0 atom stereocenters. The third-order valence-electron chi connectivity index (χ3n) is 4.76. The number of halogens is 1. The molecular weight excluding hydrogens is 466 g/mol. The number of anilines is 1. The van der Waals surface area contributed by atoms with Gasteiger partial charge in [0.2, 0.25) is 5.91 Å². The van der Waals surface area contributed by atoms with Gasteiger partial charge >= 0.3 is 0 Å². The second kappa shape index (κ2) is 9.89. The van der Waals surface area contributed by atoms with Crippen molar-refractivity contribution in [1.82, 2.24) is 19.7 Å². The van der Waals surface area contributed by atoms with E-state index in [0.29, 0.717) is 22.7 Å². The second-order valence-electron chi connectivity index (χ2n) is 7.13. The summed E-state index contributed by atoms with van der Waals surface area (Å²) in [6, 6.07) is 11.6. The monoisotopic (exact) mass is 487 g/mol. The SMILES string of the molecule is CCn1c(COc2cc(C)c(Cl)c(C)c2)nnc1SCC(=O)Nc1nc2ccccc2s1. The molecule has 0 spiro atoms. The van der Waals surface area contributed by atoms with Crippen molar-refractivity contribution in [3.05, 3.63) is 58.4 Å². The van der Waals surface area contributed by atoms with Crippen molar-refractivity contribution in [1.29, 1.82) is 0 Å². The number of amides is 1. The van der Waals surface area contributed by atoms with Crippen molar-refractivity contribution in [2.45, 2.75) is 39.1 Å². The van der Waals surface area contributed by atoms with Crippen LogP contribution in [0.4, 0.5) is 5.13 Å². The van der Waals surface area contributed by atoms with Crippen LogP contribution in [-0.4, -0.2) is 31.4 Å². The number of thioether (sulfide) groups is 1. The zero-order valence-corrected chi connectivity index (χ0v) is 20.3. The minimum absolute atomic E-state index is 0.135. The number of para-hydroxylation sites is 1. The first-order chi connectivity index (χ1) is 15.4. The third-order valence-corrected chi connectivity index (χ3v) is 7.27. The maximum Gasteiger partial charge on any atom is 0.236 e. The standard InChI is InChI=1S/C22H22ClN5O2S2/c1-4-28-18(11-30-15-9-13(2)20(23)14(3)10-15)26-27-22(28)31-12-19(29)25-21-24-16-7-5-6-8-17(16)32-21/h5-10H,4,11-12H2,1-3H3,(H,24,25,29). The summed E-state index contributed by atoms with van der Waals surface area (Å²) in [6.07, 6.45) is 0. The van der Waals surface area contributed by atoms with Crippen LogP contribution in [-0.2, 0) is 17.9 Å². The van der Waals surface area contributed by atoms with Gasteiger partial charge < -0.3 is 14.6 Å². The van der Waals surface area contributed by atoms with E-state index in [1.807, 2.05) is 61.7 Å². The normalized spacial score (nSPS) is 11.1. The van der Waals surface area contributed by atoms with Crippen LogP contribution in [0.5, 0.6) is 5.75 Å². The molecule has 10 heteroatoms. The number of thiazole rings is 1. The number of fused-ring (bicyclic) bond motifs is 1. The van der Waals surface area contributed by atoms with Gasteiger partial charge in [0.05, 0.1) is 16.0 Å². The van der Waals surface area contributed by atoms with E-state index in [1.165, 1.54) is 23.1 Å². The third kappa shape index (κ3) is 5.06. The average Bonchev–Trinajstić information content (AvgIpc) is 3.37. The van der Waals surface area contributed by atoms with Crippen LogP contribution in [0, 0.1) is 13.8 Å². The molecule has 0 aliphatic rings. The van der Waals surface area contributed by atoms with Gasteiger partial charge in [-0.1, -0.05) is 46.8 Å².